The molecule has 2 aliphatic carbocycles. The Morgan fingerprint density at radius 3 is 2.80 bits per heavy atom. The highest BCUT2D eigenvalue weighted by atomic mass is 14.2. The molecule has 0 aromatic rings. The van der Waals surface area contributed by atoms with Gasteiger partial charge < -0.3 is 0 Å². The van der Waals surface area contributed by atoms with Crippen LogP contribution in [-0.2, 0) is 0 Å². The lowest BCUT2D eigenvalue weighted by atomic mass is 9.80. The molecule has 0 aromatic heterocycles. The number of rotatable bonds is 4. The summed E-state index contributed by atoms with van der Waals surface area (Å²) >= 11 is 0. The van der Waals surface area contributed by atoms with Gasteiger partial charge in [0.05, 0.1) is 19.3 Å². The first kappa shape index (κ1) is 10.9. The fraction of sp³-hybridized carbons (Fsp3) is 0.667. The summed E-state index contributed by atoms with van der Waals surface area (Å²) in [5, 5.41) is 0. The van der Waals surface area contributed by atoms with Gasteiger partial charge in [-0.05, 0) is 32.6 Å². The standard InChI is InChI=1S/C15H23/c1-12-6-10-15(11-7-12)13(2)4-3-5-14-8-9-14/h5-6,15H,3-4,7-11H2,1-2H3/q+1/t15-/m0/s1. The van der Waals surface area contributed by atoms with Gasteiger partial charge >= 0.3 is 0 Å². The Morgan fingerprint density at radius 2 is 2.20 bits per heavy atom. The van der Waals surface area contributed by atoms with E-state index in [-0.39, 0.29) is 0 Å². The van der Waals surface area contributed by atoms with Gasteiger partial charge in [0, 0.05) is 12.8 Å². The summed E-state index contributed by atoms with van der Waals surface area (Å²) in [5.74, 6) is 2.61. The molecule has 0 unspecified atom stereocenters. The molecule has 0 aromatic carbocycles. The van der Waals surface area contributed by atoms with Crippen LogP contribution in [0.5, 0.6) is 0 Å². The molecule has 0 saturated heterocycles. The van der Waals surface area contributed by atoms with E-state index in [1.807, 2.05) is 0 Å². The van der Waals surface area contributed by atoms with E-state index < -0.39 is 0 Å². The summed E-state index contributed by atoms with van der Waals surface area (Å²) in [6.07, 6.45) is 14.3. The molecular formula is C15H23+. The van der Waals surface area contributed by atoms with E-state index >= 15 is 0 Å². The minimum atomic E-state index is 0.881. The quantitative estimate of drug-likeness (QED) is 0.453. The fourth-order valence-corrected chi connectivity index (χ4v) is 2.40. The van der Waals surface area contributed by atoms with Gasteiger partial charge in [-0.2, -0.15) is 0 Å². The van der Waals surface area contributed by atoms with Crippen LogP contribution in [0.15, 0.2) is 23.3 Å². The molecule has 0 heteroatoms. The maximum Gasteiger partial charge on any atom is 0.104 e. The molecule has 15 heavy (non-hydrogen) atoms. The Morgan fingerprint density at radius 1 is 1.40 bits per heavy atom. The first-order chi connectivity index (χ1) is 7.25. The lowest BCUT2D eigenvalue weighted by Gasteiger charge is -2.18. The maximum absolute atomic E-state index is 2.47. The van der Waals surface area contributed by atoms with Gasteiger partial charge in [0.2, 0.25) is 0 Å². The first-order valence-electron chi connectivity index (χ1n) is 6.41. The van der Waals surface area contributed by atoms with E-state index in [1.165, 1.54) is 44.9 Å². The lowest BCUT2D eigenvalue weighted by Crippen LogP contribution is -2.12. The predicted molar refractivity (Wildman–Crippen MR) is 66.6 cm³/mol. The highest BCUT2D eigenvalue weighted by Crippen LogP contribution is 2.34. The zero-order valence-corrected chi connectivity index (χ0v) is 10.2. The monoisotopic (exact) mass is 203 g/mol. The molecule has 0 amide bonds. The van der Waals surface area contributed by atoms with Gasteiger partial charge in [0.1, 0.15) is 5.92 Å². The first-order valence-corrected chi connectivity index (χ1v) is 6.41. The van der Waals surface area contributed by atoms with E-state index in [9.17, 15) is 0 Å². The molecule has 1 saturated carbocycles. The van der Waals surface area contributed by atoms with Crippen molar-refractivity contribution in [1.29, 1.82) is 0 Å². The van der Waals surface area contributed by atoms with Crippen molar-refractivity contribution in [2.24, 2.45) is 5.92 Å². The molecule has 0 aliphatic heterocycles. The van der Waals surface area contributed by atoms with E-state index in [4.69, 9.17) is 0 Å². The summed E-state index contributed by atoms with van der Waals surface area (Å²) in [7, 11) is 0. The second-order valence-corrected chi connectivity index (χ2v) is 5.27. The molecule has 0 N–H and O–H groups in total. The molecule has 0 bridgehead atoms. The lowest BCUT2D eigenvalue weighted by molar-refractivity contribution is 0.463. The number of hydrogen-bond acceptors (Lipinski definition) is 0. The van der Waals surface area contributed by atoms with Crippen LogP contribution in [0.1, 0.15) is 58.8 Å². The summed E-state index contributed by atoms with van der Waals surface area (Å²) in [5.41, 5.74) is 3.29. The molecule has 0 nitrogen and oxygen atoms in total. The van der Waals surface area contributed by atoms with Crippen LogP contribution in [-0.4, -0.2) is 0 Å². The zero-order valence-electron chi connectivity index (χ0n) is 10.2. The summed E-state index contributed by atoms with van der Waals surface area (Å²) < 4.78 is 0. The average Bonchev–Trinajstić information content (AvgIpc) is 3.02. The Balaban J connectivity index is 1.70. The van der Waals surface area contributed by atoms with Crippen LogP contribution in [0.3, 0.4) is 0 Å². The third-order valence-electron chi connectivity index (χ3n) is 3.85. The molecule has 0 heterocycles. The van der Waals surface area contributed by atoms with Crippen LogP contribution >= 0.6 is 0 Å². The van der Waals surface area contributed by atoms with Crippen molar-refractivity contribution in [3.63, 3.8) is 0 Å². The average molecular weight is 203 g/mol. The van der Waals surface area contributed by atoms with Crippen LogP contribution < -0.4 is 0 Å². The third-order valence-corrected chi connectivity index (χ3v) is 3.85. The van der Waals surface area contributed by atoms with Gasteiger partial charge in [-0.3, -0.25) is 0 Å². The maximum atomic E-state index is 2.47. The molecule has 0 radical (unpaired) electrons. The van der Waals surface area contributed by atoms with E-state index in [1.54, 1.807) is 17.1 Å². The van der Waals surface area contributed by atoms with Gasteiger partial charge in [-0.25, -0.2) is 0 Å². The van der Waals surface area contributed by atoms with Gasteiger partial charge in [-0.1, -0.05) is 23.3 Å². The SMILES string of the molecule is CC1=CC[C@H]([C+](C)CCC=C2CC2)CC1. The second-order valence-electron chi connectivity index (χ2n) is 5.27. The van der Waals surface area contributed by atoms with Crippen LogP contribution in [0.4, 0.5) is 0 Å². The molecule has 0 spiro atoms. The van der Waals surface area contributed by atoms with Crippen LogP contribution in [0.25, 0.3) is 0 Å². The Kier molecular flexibility index (Phi) is 3.56. The Hall–Kier alpha value is -0.650. The smallest absolute Gasteiger partial charge is 0.0811 e. The highest BCUT2D eigenvalue weighted by molar-refractivity contribution is 5.16. The van der Waals surface area contributed by atoms with Crippen molar-refractivity contribution in [2.45, 2.75) is 58.8 Å². The largest absolute Gasteiger partial charge is 0.104 e. The molecule has 2 aliphatic rings. The van der Waals surface area contributed by atoms with Crippen LogP contribution in [0.2, 0.25) is 0 Å². The molecule has 1 atom stereocenters. The third kappa shape index (κ3) is 3.44. The molecule has 82 valence electrons. The minimum absolute atomic E-state index is 0.881. The van der Waals surface area contributed by atoms with Crippen LogP contribution in [0, 0.1) is 11.8 Å². The van der Waals surface area contributed by atoms with Crippen molar-refractivity contribution in [2.75, 3.05) is 0 Å². The zero-order chi connectivity index (χ0) is 10.7. The summed E-state index contributed by atoms with van der Waals surface area (Å²) in [6.45, 7) is 4.63. The van der Waals surface area contributed by atoms with Crippen molar-refractivity contribution in [1.82, 2.24) is 0 Å². The molecule has 1 fully saturated rings. The Labute approximate surface area is 94.5 Å². The normalized spacial score (nSPS) is 24.8. The topological polar surface area (TPSA) is 0 Å². The van der Waals surface area contributed by atoms with Gasteiger partial charge in [0.25, 0.3) is 0 Å². The highest BCUT2D eigenvalue weighted by Gasteiger charge is 2.27. The van der Waals surface area contributed by atoms with E-state index in [0.717, 1.165) is 5.92 Å². The van der Waals surface area contributed by atoms with Crippen molar-refractivity contribution < 1.29 is 0 Å². The number of allylic oxidation sites excluding steroid dienone is 4. The van der Waals surface area contributed by atoms with E-state index in [0.29, 0.717) is 0 Å². The Bertz CT molecular complexity index is 264. The second kappa shape index (κ2) is 4.92. The summed E-state index contributed by atoms with van der Waals surface area (Å²) in [4.78, 5) is 0. The minimum Gasteiger partial charge on any atom is -0.0811 e. The number of hydrogen-bond donors (Lipinski definition) is 0. The summed E-state index contributed by atoms with van der Waals surface area (Å²) in [6, 6.07) is 0. The molecule has 2 rings (SSSR count). The van der Waals surface area contributed by atoms with E-state index in [2.05, 4.69) is 26.0 Å². The predicted octanol–water partition coefficient (Wildman–Crippen LogP) is 4.83. The van der Waals surface area contributed by atoms with Gasteiger partial charge in [-0.15, -0.1) is 0 Å². The molecular weight excluding hydrogens is 180 g/mol. The fourth-order valence-electron chi connectivity index (χ4n) is 2.40. The van der Waals surface area contributed by atoms with Crippen molar-refractivity contribution in [3.8, 4) is 0 Å². The van der Waals surface area contributed by atoms with Gasteiger partial charge in [0.15, 0.2) is 0 Å². The van der Waals surface area contributed by atoms with Crippen molar-refractivity contribution >= 4 is 0 Å². The van der Waals surface area contributed by atoms with Crippen molar-refractivity contribution in [3.05, 3.63) is 29.2 Å².